The molecule has 1 aromatic heterocycles. The molecule has 1 aliphatic rings. The Morgan fingerprint density at radius 2 is 2.22 bits per heavy atom. The highest BCUT2D eigenvalue weighted by Gasteiger charge is 2.39. The van der Waals surface area contributed by atoms with Crippen molar-refractivity contribution in [1.29, 1.82) is 0 Å². The molecule has 1 unspecified atom stereocenters. The van der Waals surface area contributed by atoms with Gasteiger partial charge in [0.1, 0.15) is 11.3 Å². The average molecular weight is 337 g/mol. The van der Waals surface area contributed by atoms with Gasteiger partial charge in [0, 0.05) is 17.0 Å². The Labute approximate surface area is 134 Å². The minimum absolute atomic E-state index is 0.00489. The number of benzene rings is 1. The summed E-state index contributed by atoms with van der Waals surface area (Å²) in [4.78, 5) is 12.3. The lowest BCUT2D eigenvalue weighted by Crippen LogP contribution is -2.47. The van der Waals surface area contributed by atoms with Gasteiger partial charge in [-0.25, -0.2) is 8.42 Å². The molecule has 1 aliphatic heterocycles. The monoisotopic (exact) mass is 337 g/mol. The highest BCUT2D eigenvalue weighted by molar-refractivity contribution is 7.91. The molecule has 1 atom stereocenters. The minimum Gasteiger partial charge on any atom is -0.497 e. The van der Waals surface area contributed by atoms with Crippen LogP contribution in [0.3, 0.4) is 0 Å². The molecule has 1 N–H and O–H groups in total. The lowest BCUT2D eigenvalue weighted by Gasteiger charge is -2.23. The van der Waals surface area contributed by atoms with E-state index in [0.717, 1.165) is 10.9 Å². The van der Waals surface area contributed by atoms with E-state index in [1.807, 2.05) is 12.1 Å². The van der Waals surface area contributed by atoms with Crippen LogP contribution in [-0.4, -0.2) is 38.5 Å². The first-order chi connectivity index (χ1) is 10.8. The predicted molar refractivity (Wildman–Crippen MR) is 86.3 cm³/mol. The Bertz CT molecular complexity index is 854. The van der Waals surface area contributed by atoms with Gasteiger partial charge in [0.05, 0.1) is 36.8 Å². The number of rotatable bonds is 4. The van der Waals surface area contributed by atoms with Crippen LogP contribution in [0.5, 0.6) is 5.75 Å². The van der Waals surface area contributed by atoms with Crippen molar-refractivity contribution in [2.75, 3.05) is 18.6 Å². The number of carbonyl (C=O) groups is 1. The van der Waals surface area contributed by atoms with E-state index in [1.54, 1.807) is 26.4 Å². The van der Waals surface area contributed by atoms with Crippen LogP contribution >= 0.6 is 0 Å². The number of amides is 1. The van der Waals surface area contributed by atoms with Crippen LogP contribution in [0.2, 0.25) is 0 Å². The number of ether oxygens (including phenoxy) is 1. The lowest BCUT2D eigenvalue weighted by atomic mass is 10.0. The van der Waals surface area contributed by atoms with Crippen LogP contribution in [0.25, 0.3) is 11.0 Å². The molecule has 0 aliphatic carbocycles. The first-order valence-corrected chi connectivity index (χ1v) is 9.18. The van der Waals surface area contributed by atoms with Crippen LogP contribution in [0, 0.1) is 0 Å². The second-order valence-corrected chi connectivity index (χ2v) is 8.43. The molecule has 1 saturated heterocycles. The normalized spacial score (nSPS) is 23.0. The summed E-state index contributed by atoms with van der Waals surface area (Å²) in [5.74, 6) is 0.599. The Kier molecular flexibility index (Phi) is 3.83. The van der Waals surface area contributed by atoms with E-state index in [9.17, 15) is 13.2 Å². The number of carbonyl (C=O) groups excluding carboxylic acids is 1. The van der Waals surface area contributed by atoms with Crippen molar-refractivity contribution in [1.82, 2.24) is 5.32 Å². The largest absolute Gasteiger partial charge is 0.497 e. The summed E-state index contributed by atoms with van der Waals surface area (Å²) in [5.41, 5.74) is 0.741. The van der Waals surface area contributed by atoms with Crippen molar-refractivity contribution >= 4 is 26.7 Å². The Morgan fingerprint density at radius 3 is 2.87 bits per heavy atom. The summed E-state index contributed by atoms with van der Waals surface area (Å²) in [6.45, 7) is 1.77. The maximum Gasteiger partial charge on any atom is 0.225 e. The van der Waals surface area contributed by atoms with E-state index in [-0.39, 0.29) is 23.8 Å². The van der Waals surface area contributed by atoms with Gasteiger partial charge in [0.15, 0.2) is 9.84 Å². The molecule has 1 aromatic carbocycles. The SMILES string of the molecule is COc1ccc2c(CC(=O)NC3(C)CCS(=O)(=O)C3)coc2c1. The Balaban J connectivity index is 1.73. The molecule has 6 nitrogen and oxygen atoms in total. The molecule has 0 spiro atoms. The van der Waals surface area contributed by atoms with E-state index in [1.165, 1.54) is 0 Å². The van der Waals surface area contributed by atoms with Crippen LogP contribution in [0.4, 0.5) is 0 Å². The highest BCUT2D eigenvalue weighted by Crippen LogP contribution is 2.27. The molecule has 2 heterocycles. The summed E-state index contributed by atoms with van der Waals surface area (Å²) < 4.78 is 33.8. The molecule has 1 fully saturated rings. The number of sulfone groups is 1. The number of nitrogens with one attached hydrogen (secondary N) is 1. The lowest BCUT2D eigenvalue weighted by molar-refractivity contribution is -0.121. The van der Waals surface area contributed by atoms with Gasteiger partial charge in [-0.15, -0.1) is 0 Å². The molecule has 23 heavy (non-hydrogen) atoms. The highest BCUT2D eigenvalue weighted by atomic mass is 32.2. The number of furan rings is 1. The standard InChI is InChI=1S/C16H19NO5S/c1-16(5-6-23(19,20)10-16)17-15(18)7-11-9-22-14-8-12(21-2)3-4-13(11)14/h3-4,8-9H,5-7,10H2,1-2H3,(H,17,18). The van der Waals surface area contributed by atoms with Gasteiger partial charge in [-0.2, -0.15) is 0 Å². The quantitative estimate of drug-likeness (QED) is 0.917. The summed E-state index contributed by atoms with van der Waals surface area (Å²) >= 11 is 0. The average Bonchev–Trinajstić information content (AvgIpc) is 2.99. The second-order valence-electron chi connectivity index (χ2n) is 6.25. The van der Waals surface area contributed by atoms with Gasteiger partial charge >= 0.3 is 0 Å². The summed E-state index contributed by atoms with van der Waals surface area (Å²) in [6.07, 6.45) is 2.15. The minimum atomic E-state index is -3.05. The fraction of sp³-hybridized carbons (Fsp3) is 0.438. The van der Waals surface area contributed by atoms with Gasteiger partial charge in [0.25, 0.3) is 0 Å². The molecule has 7 heteroatoms. The van der Waals surface area contributed by atoms with Crippen molar-refractivity contribution in [3.8, 4) is 5.75 Å². The van der Waals surface area contributed by atoms with Gasteiger partial charge in [0.2, 0.25) is 5.91 Å². The topological polar surface area (TPSA) is 85.6 Å². The van der Waals surface area contributed by atoms with Crippen LogP contribution in [-0.2, 0) is 21.1 Å². The molecular formula is C16H19NO5S. The smallest absolute Gasteiger partial charge is 0.225 e. The number of hydrogen-bond acceptors (Lipinski definition) is 5. The predicted octanol–water partition coefficient (Wildman–Crippen LogP) is 1.68. The maximum atomic E-state index is 12.3. The van der Waals surface area contributed by atoms with Gasteiger partial charge in [-0.3, -0.25) is 4.79 Å². The molecule has 0 saturated carbocycles. The van der Waals surface area contributed by atoms with Crippen LogP contribution in [0.1, 0.15) is 18.9 Å². The van der Waals surface area contributed by atoms with E-state index < -0.39 is 15.4 Å². The van der Waals surface area contributed by atoms with Gasteiger partial charge in [-0.05, 0) is 25.5 Å². The van der Waals surface area contributed by atoms with E-state index in [0.29, 0.717) is 17.8 Å². The Hall–Kier alpha value is -2.02. The molecule has 0 bridgehead atoms. The summed E-state index contributed by atoms with van der Waals surface area (Å²) in [7, 11) is -1.47. The number of fused-ring (bicyclic) bond motifs is 1. The maximum absolute atomic E-state index is 12.3. The third-order valence-electron chi connectivity index (χ3n) is 4.16. The van der Waals surface area contributed by atoms with Gasteiger partial charge in [-0.1, -0.05) is 0 Å². The van der Waals surface area contributed by atoms with Crippen molar-refractivity contribution in [3.05, 3.63) is 30.0 Å². The Morgan fingerprint density at radius 1 is 1.43 bits per heavy atom. The fourth-order valence-electron chi connectivity index (χ4n) is 2.99. The number of hydrogen-bond donors (Lipinski definition) is 1. The van der Waals surface area contributed by atoms with Crippen molar-refractivity contribution < 1.29 is 22.4 Å². The second kappa shape index (κ2) is 5.56. The molecule has 2 aromatic rings. The third kappa shape index (κ3) is 3.34. The molecular weight excluding hydrogens is 318 g/mol. The summed E-state index contributed by atoms with van der Waals surface area (Å²) in [6, 6.07) is 5.42. The zero-order valence-corrected chi connectivity index (χ0v) is 13.9. The fourth-order valence-corrected chi connectivity index (χ4v) is 5.08. The van der Waals surface area contributed by atoms with Crippen molar-refractivity contribution in [2.45, 2.75) is 25.3 Å². The first kappa shape index (κ1) is 15.9. The van der Waals surface area contributed by atoms with E-state index in [4.69, 9.17) is 9.15 Å². The zero-order valence-electron chi connectivity index (χ0n) is 13.1. The first-order valence-electron chi connectivity index (χ1n) is 7.36. The van der Waals surface area contributed by atoms with Gasteiger partial charge < -0.3 is 14.5 Å². The molecule has 3 rings (SSSR count). The third-order valence-corrected chi connectivity index (χ3v) is 6.06. The number of methoxy groups -OCH3 is 1. The summed E-state index contributed by atoms with van der Waals surface area (Å²) in [5, 5.41) is 3.70. The molecule has 0 radical (unpaired) electrons. The van der Waals surface area contributed by atoms with E-state index >= 15 is 0 Å². The zero-order chi connectivity index (χ0) is 16.7. The molecule has 124 valence electrons. The van der Waals surface area contributed by atoms with Crippen LogP contribution < -0.4 is 10.1 Å². The van der Waals surface area contributed by atoms with Crippen molar-refractivity contribution in [3.63, 3.8) is 0 Å². The van der Waals surface area contributed by atoms with E-state index in [2.05, 4.69) is 5.32 Å². The molecule has 1 amide bonds. The van der Waals surface area contributed by atoms with Crippen molar-refractivity contribution in [2.24, 2.45) is 0 Å². The van der Waals surface area contributed by atoms with Crippen LogP contribution in [0.15, 0.2) is 28.9 Å².